The summed E-state index contributed by atoms with van der Waals surface area (Å²) < 4.78 is 7.22. The summed E-state index contributed by atoms with van der Waals surface area (Å²) in [5.41, 5.74) is 4.55. The van der Waals surface area contributed by atoms with Crippen LogP contribution in [0.5, 0.6) is 5.75 Å². The van der Waals surface area contributed by atoms with Gasteiger partial charge in [0.25, 0.3) is 5.56 Å². The SMILES string of the molecule is CCC(C)(C)n1nnnc1C(c1cc2c(C)cc(C)cc2[nH]c1=O)N1CCN(c2ccc(OC)cc2)CC1. The van der Waals surface area contributed by atoms with Gasteiger partial charge in [-0.15, -0.1) is 5.10 Å². The fourth-order valence-corrected chi connectivity index (χ4v) is 5.37. The average molecular weight is 516 g/mol. The number of anilines is 1. The number of fused-ring (bicyclic) bond motifs is 1. The molecular formula is C29H37N7O2. The largest absolute Gasteiger partial charge is 0.497 e. The maximum Gasteiger partial charge on any atom is 0.253 e. The first-order chi connectivity index (χ1) is 18.2. The molecule has 0 bridgehead atoms. The van der Waals surface area contributed by atoms with E-state index in [1.165, 1.54) is 0 Å². The van der Waals surface area contributed by atoms with Crippen molar-refractivity contribution in [2.75, 3.05) is 38.2 Å². The van der Waals surface area contributed by atoms with Gasteiger partial charge in [0.15, 0.2) is 5.82 Å². The molecule has 4 aromatic rings. The number of aromatic nitrogens is 5. The third-order valence-electron chi connectivity index (χ3n) is 7.93. The molecule has 1 aliphatic heterocycles. The van der Waals surface area contributed by atoms with Crippen LogP contribution in [0.4, 0.5) is 5.69 Å². The maximum atomic E-state index is 13.6. The molecule has 1 saturated heterocycles. The molecule has 0 spiro atoms. The number of benzene rings is 2. The molecule has 1 atom stereocenters. The first-order valence-corrected chi connectivity index (χ1v) is 13.3. The van der Waals surface area contributed by atoms with E-state index in [1.54, 1.807) is 7.11 Å². The second-order valence-electron chi connectivity index (χ2n) is 10.8. The van der Waals surface area contributed by atoms with Gasteiger partial charge in [0.1, 0.15) is 11.8 Å². The number of nitrogens with one attached hydrogen (secondary N) is 1. The number of tetrazole rings is 1. The summed E-state index contributed by atoms with van der Waals surface area (Å²) in [6, 6.07) is 14.0. The van der Waals surface area contributed by atoms with Crippen molar-refractivity contribution in [1.82, 2.24) is 30.1 Å². The van der Waals surface area contributed by atoms with Gasteiger partial charge >= 0.3 is 0 Å². The molecule has 200 valence electrons. The fourth-order valence-electron chi connectivity index (χ4n) is 5.37. The topological polar surface area (TPSA) is 92.2 Å². The molecule has 9 heteroatoms. The van der Waals surface area contributed by atoms with Crippen LogP contribution in [0.1, 0.15) is 55.7 Å². The highest BCUT2D eigenvalue weighted by molar-refractivity contribution is 5.83. The van der Waals surface area contributed by atoms with E-state index in [9.17, 15) is 4.79 Å². The number of pyridine rings is 1. The molecule has 1 fully saturated rings. The summed E-state index contributed by atoms with van der Waals surface area (Å²) >= 11 is 0. The number of aryl methyl sites for hydroxylation is 2. The Balaban J connectivity index is 1.56. The van der Waals surface area contributed by atoms with Crippen LogP contribution in [0.2, 0.25) is 0 Å². The third kappa shape index (κ3) is 4.78. The summed E-state index contributed by atoms with van der Waals surface area (Å²) in [7, 11) is 1.68. The monoisotopic (exact) mass is 515 g/mol. The second kappa shape index (κ2) is 10.2. The molecule has 3 heterocycles. The maximum absolute atomic E-state index is 13.6. The Kier molecular flexibility index (Phi) is 6.96. The molecule has 2 aromatic carbocycles. The van der Waals surface area contributed by atoms with E-state index in [0.29, 0.717) is 11.4 Å². The van der Waals surface area contributed by atoms with Crippen molar-refractivity contribution in [3.63, 3.8) is 0 Å². The van der Waals surface area contributed by atoms with Gasteiger partial charge in [-0.1, -0.05) is 13.0 Å². The third-order valence-corrected chi connectivity index (χ3v) is 7.93. The predicted molar refractivity (Wildman–Crippen MR) is 150 cm³/mol. The van der Waals surface area contributed by atoms with Gasteiger partial charge in [-0.05, 0) is 92.1 Å². The summed E-state index contributed by atoms with van der Waals surface area (Å²) in [6.45, 7) is 13.7. The number of aromatic amines is 1. The number of piperazine rings is 1. The van der Waals surface area contributed by atoms with Crippen LogP contribution >= 0.6 is 0 Å². The Morgan fingerprint density at radius 3 is 2.42 bits per heavy atom. The van der Waals surface area contributed by atoms with E-state index >= 15 is 0 Å². The lowest BCUT2D eigenvalue weighted by Crippen LogP contribution is -2.49. The van der Waals surface area contributed by atoms with E-state index in [1.807, 2.05) is 35.9 Å². The molecule has 0 amide bonds. The number of nitrogens with zero attached hydrogens (tertiary/aromatic N) is 6. The van der Waals surface area contributed by atoms with Crippen molar-refractivity contribution < 1.29 is 4.74 Å². The first kappa shape index (κ1) is 25.9. The van der Waals surface area contributed by atoms with E-state index in [0.717, 1.165) is 66.1 Å². The Bertz CT molecular complexity index is 1480. The van der Waals surface area contributed by atoms with E-state index in [-0.39, 0.29) is 17.1 Å². The van der Waals surface area contributed by atoms with E-state index in [2.05, 4.69) is 76.2 Å². The van der Waals surface area contributed by atoms with Crippen LogP contribution in [0.3, 0.4) is 0 Å². The number of rotatable bonds is 7. The second-order valence-corrected chi connectivity index (χ2v) is 10.8. The quantitative estimate of drug-likeness (QED) is 0.394. The van der Waals surface area contributed by atoms with Crippen LogP contribution in [-0.2, 0) is 5.54 Å². The molecular weight excluding hydrogens is 478 g/mol. The fraction of sp³-hybridized carbons (Fsp3) is 0.448. The molecule has 0 aliphatic carbocycles. The Hall–Kier alpha value is -3.72. The average Bonchev–Trinajstić information content (AvgIpc) is 3.40. The van der Waals surface area contributed by atoms with Gasteiger partial charge < -0.3 is 14.6 Å². The number of hydrogen-bond donors (Lipinski definition) is 1. The Morgan fingerprint density at radius 1 is 1.05 bits per heavy atom. The van der Waals surface area contributed by atoms with Gasteiger partial charge in [0.05, 0.1) is 12.6 Å². The molecule has 1 unspecified atom stereocenters. The Morgan fingerprint density at radius 2 is 1.76 bits per heavy atom. The van der Waals surface area contributed by atoms with Gasteiger partial charge in [-0.25, -0.2) is 4.68 Å². The molecule has 0 saturated carbocycles. The zero-order valence-electron chi connectivity index (χ0n) is 23.2. The highest BCUT2D eigenvalue weighted by Crippen LogP contribution is 2.32. The zero-order valence-corrected chi connectivity index (χ0v) is 23.2. The number of H-pyrrole nitrogens is 1. The van der Waals surface area contributed by atoms with Gasteiger partial charge in [0, 0.05) is 48.3 Å². The lowest BCUT2D eigenvalue weighted by atomic mass is 9.97. The summed E-state index contributed by atoms with van der Waals surface area (Å²) in [5, 5.41) is 14.0. The highest BCUT2D eigenvalue weighted by atomic mass is 16.5. The molecule has 9 nitrogen and oxygen atoms in total. The lowest BCUT2D eigenvalue weighted by Gasteiger charge is -2.40. The van der Waals surface area contributed by atoms with Crippen LogP contribution < -0.4 is 15.2 Å². The van der Waals surface area contributed by atoms with Gasteiger partial charge in [-0.2, -0.15) is 0 Å². The Labute approximate surface area is 223 Å². The van der Waals surface area contributed by atoms with Crippen molar-refractivity contribution in [3.8, 4) is 5.75 Å². The first-order valence-electron chi connectivity index (χ1n) is 13.3. The number of ether oxygens (including phenoxy) is 1. The number of methoxy groups -OCH3 is 1. The summed E-state index contributed by atoms with van der Waals surface area (Å²) in [4.78, 5) is 21.5. The lowest BCUT2D eigenvalue weighted by molar-refractivity contribution is 0.186. The standard InChI is InChI=1S/C29H37N7O2/c1-7-29(4,5)36-27(31-32-33-36)26(24-18-23-20(3)16-19(2)17-25(23)30-28(24)37)35-14-12-34(13-15-35)21-8-10-22(38-6)11-9-21/h8-11,16-18,26H,7,12-15H2,1-6H3,(H,30,37). The van der Waals surface area contributed by atoms with Crippen molar-refractivity contribution >= 4 is 16.6 Å². The normalized spacial score (nSPS) is 15.7. The smallest absolute Gasteiger partial charge is 0.253 e. The summed E-state index contributed by atoms with van der Waals surface area (Å²) in [5.74, 6) is 1.54. The van der Waals surface area contributed by atoms with E-state index < -0.39 is 0 Å². The number of hydrogen-bond acceptors (Lipinski definition) is 7. The zero-order chi connectivity index (χ0) is 27.0. The van der Waals surface area contributed by atoms with E-state index in [4.69, 9.17) is 4.74 Å². The highest BCUT2D eigenvalue weighted by Gasteiger charge is 2.35. The minimum absolute atomic E-state index is 0.103. The van der Waals surface area contributed by atoms with Gasteiger partial charge in [0.2, 0.25) is 0 Å². The predicted octanol–water partition coefficient (Wildman–Crippen LogP) is 4.20. The molecule has 38 heavy (non-hydrogen) atoms. The minimum Gasteiger partial charge on any atom is -0.497 e. The van der Waals surface area contributed by atoms with Crippen LogP contribution in [0.15, 0.2) is 47.3 Å². The van der Waals surface area contributed by atoms with Crippen LogP contribution in [0, 0.1) is 13.8 Å². The molecule has 1 N–H and O–H groups in total. The minimum atomic E-state index is -0.373. The van der Waals surface area contributed by atoms with Crippen molar-refractivity contribution in [1.29, 1.82) is 0 Å². The van der Waals surface area contributed by atoms with Crippen LogP contribution in [0.25, 0.3) is 10.9 Å². The van der Waals surface area contributed by atoms with Gasteiger partial charge in [-0.3, -0.25) is 9.69 Å². The molecule has 2 aromatic heterocycles. The molecule has 1 aliphatic rings. The molecule has 5 rings (SSSR count). The van der Waals surface area contributed by atoms with Crippen molar-refractivity contribution in [3.05, 3.63) is 75.3 Å². The molecule has 0 radical (unpaired) electrons. The van der Waals surface area contributed by atoms with Crippen molar-refractivity contribution in [2.45, 2.75) is 52.6 Å². The van der Waals surface area contributed by atoms with Crippen LogP contribution in [-0.4, -0.2) is 63.4 Å². The van der Waals surface area contributed by atoms with Crippen molar-refractivity contribution in [2.24, 2.45) is 0 Å². The summed E-state index contributed by atoms with van der Waals surface area (Å²) in [6.07, 6.45) is 0.857.